The van der Waals surface area contributed by atoms with Crippen LogP contribution in [0.25, 0.3) is 0 Å². The zero-order valence-electron chi connectivity index (χ0n) is 28.3. The zero-order valence-corrected chi connectivity index (χ0v) is 29.2. The van der Waals surface area contributed by atoms with Crippen molar-refractivity contribution >= 4 is 19.8 Å². The van der Waals surface area contributed by atoms with Gasteiger partial charge >= 0.3 is 19.8 Å². The van der Waals surface area contributed by atoms with E-state index in [1.165, 1.54) is 96.3 Å². The number of esters is 2. The van der Waals surface area contributed by atoms with Gasteiger partial charge in [-0.05, 0) is 38.5 Å². The first-order valence-corrected chi connectivity index (χ1v) is 19.1. The molecular formula is C34H65O10P. The molecule has 0 amide bonds. The van der Waals surface area contributed by atoms with Gasteiger partial charge in [0.05, 0.1) is 26.4 Å². The maximum atomic E-state index is 12.1. The number of allylic oxidation sites excluding steroid dienone is 2. The van der Waals surface area contributed by atoms with Crippen molar-refractivity contribution in [1.29, 1.82) is 0 Å². The molecule has 0 saturated heterocycles. The number of rotatable bonds is 33. The summed E-state index contributed by atoms with van der Waals surface area (Å²) in [6, 6.07) is 0. The van der Waals surface area contributed by atoms with E-state index in [2.05, 4.69) is 19.1 Å². The molecule has 0 fully saturated rings. The summed E-state index contributed by atoms with van der Waals surface area (Å²) in [5, 5.41) is 18.7. The smallest absolute Gasteiger partial charge is 0.457 e. The third kappa shape index (κ3) is 29.8. The number of aliphatic hydroxyl groups is 2. The Morgan fingerprint density at radius 1 is 0.578 bits per heavy atom. The minimum Gasteiger partial charge on any atom is -0.457 e. The van der Waals surface area contributed by atoms with E-state index in [1.807, 2.05) is 0 Å². The maximum absolute atomic E-state index is 12.1. The molecule has 3 unspecified atom stereocenters. The molecule has 0 spiro atoms. The summed E-state index contributed by atoms with van der Waals surface area (Å²) in [5.41, 5.74) is 0. The molecule has 3 atom stereocenters. The second kappa shape index (κ2) is 31.3. The topological polar surface area (TPSA) is 149 Å². The van der Waals surface area contributed by atoms with Crippen LogP contribution in [-0.4, -0.2) is 65.7 Å². The second-order valence-corrected chi connectivity index (χ2v) is 13.3. The minimum atomic E-state index is -4.60. The van der Waals surface area contributed by atoms with Crippen LogP contribution in [0.5, 0.6) is 0 Å². The summed E-state index contributed by atoms with van der Waals surface area (Å²) >= 11 is 0. The summed E-state index contributed by atoms with van der Waals surface area (Å²) < 4.78 is 31.8. The van der Waals surface area contributed by atoms with E-state index in [0.29, 0.717) is 12.8 Å². The molecule has 266 valence electrons. The van der Waals surface area contributed by atoms with Gasteiger partial charge in [0.1, 0.15) is 12.2 Å². The number of carbonyl (C=O) groups excluding carboxylic acids is 2. The molecule has 0 rings (SSSR count). The Morgan fingerprint density at radius 3 is 1.36 bits per heavy atom. The molecule has 11 heteroatoms. The third-order valence-electron chi connectivity index (χ3n) is 7.45. The van der Waals surface area contributed by atoms with Crippen molar-refractivity contribution in [3.63, 3.8) is 0 Å². The van der Waals surface area contributed by atoms with Crippen LogP contribution >= 0.6 is 7.82 Å². The highest BCUT2D eigenvalue weighted by molar-refractivity contribution is 7.47. The molecule has 0 saturated carbocycles. The van der Waals surface area contributed by atoms with E-state index < -0.39 is 58.4 Å². The number of unbranched alkanes of at least 4 members (excludes halogenated alkanes) is 17. The highest BCUT2D eigenvalue weighted by atomic mass is 31.2. The molecule has 0 aliphatic rings. The van der Waals surface area contributed by atoms with Crippen LogP contribution in [0.3, 0.4) is 0 Å². The summed E-state index contributed by atoms with van der Waals surface area (Å²) in [6.45, 7) is 1.76. The first-order chi connectivity index (χ1) is 21.8. The van der Waals surface area contributed by atoms with Gasteiger partial charge in [0.2, 0.25) is 0 Å². The molecule has 0 radical (unpaired) electrons. The molecule has 0 aliphatic carbocycles. The fourth-order valence-corrected chi connectivity index (χ4v) is 5.52. The van der Waals surface area contributed by atoms with Crippen molar-refractivity contribution in [2.24, 2.45) is 0 Å². The standard InChI is InChI=1S/C34H65O10P/c1-3-5-6-7-8-9-10-11-12-13-14-15-16-17-18-19-20-21-22-23-24-26-34(38)44-32(28-36)30-42-45(39,40)41-29-31(27-35)43-33(37)25-4-2/h13-14,31-32,35-36H,3-12,15-30H2,1-2H3,(H,39,40)/b14-13-. The number of ether oxygens (including phenoxy) is 2. The highest BCUT2D eigenvalue weighted by Crippen LogP contribution is 2.43. The molecule has 45 heavy (non-hydrogen) atoms. The number of phosphoric acid groups is 1. The van der Waals surface area contributed by atoms with Crippen LogP contribution in [0.4, 0.5) is 0 Å². The van der Waals surface area contributed by atoms with Crippen molar-refractivity contribution in [3.8, 4) is 0 Å². The van der Waals surface area contributed by atoms with Crippen molar-refractivity contribution in [2.45, 2.75) is 167 Å². The molecule has 3 N–H and O–H groups in total. The fourth-order valence-electron chi connectivity index (χ4n) is 4.73. The second-order valence-electron chi connectivity index (χ2n) is 11.9. The fraction of sp³-hybridized carbons (Fsp3) is 0.882. The lowest BCUT2D eigenvalue weighted by atomic mass is 10.1. The van der Waals surface area contributed by atoms with E-state index in [4.69, 9.17) is 18.5 Å². The third-order valence-corrected chi connectivity index (χ3v) is 8.40. The monoisotopic (exact) mass is 664 g/mol. The summed E-state index contributed by atoms with van der Waals surface area (Å²) in [7, 11) is -4.60. The molecule has 0 aliphatic heterocycles. The molecular weight excluding hydrogens is 599 g/mol. The van der Waals surface area contributed by atoms with Crippen LogP contribution in [0, 0.1) is 0 Å². The highest BCUT2D eigenvalue weighted by Gasteiger charge is 2.27. The SMILES string of the molecule is CCCCCCCCCC/C=C\CCCCCCCCCCCC(=O)OC(CO)COP(=O)(O)OCC(CO)OC(=O)CCC. The van der Waals surface area contributed by atoms with Crippen LogP contribution in [0.2, 0.25) is 0 Å². The van der Waals surface area contributed by atoms with Gasteiger partial charge in [-0.3, -0.25) is 18.6 Å². The van der Waals surface area contributed by atoms with Crippen molar-refractivity contribution in [2.75, 3.05) is 26.4 Å². The van der Waals surface area contributed by atoms with E-state index >= 15 is 0 Å². The van der Waals surface area contributed by atoms with Gasteiger partial charge in [-0.15, -0.1) is 0 Å². The summed E-state index contributed by atoms with van der Waals surface area (Å²) in [5.74, 6) is -1.07. The Kier molecular flexibility index (Phi) is 30.4. The molecule has 0 bridgehead atoms. The quantitative estimate of drug-likeness (QED) is 0.0272. The van der Waals surface area contributed by atoms with Crippen molar-refractivity contribution in [1.82, 2.24) is 0 Å². The minimum absolute atomic E-state index is 0.144. The number of carbonyl (C=O) groups is 2. The van der Waals surface area contributed by atoms with Crippen molar-refractivity contribution < 1.29 is 47.8 Å². The normalized spacial score (nSPS) is 14.3. The van der Waals surface area contributed by atoms with E-state index in [-0.39, 0.29) is 12.8 Å². The van der Waals surface area contributed by atoms with Crippen molar-refractivity contribution in [3.05, 3.63) is 12.2 Å². The Labute approximate surface area is 273 Å². The number of phosphoric ester groups is 1. The van der Waals surface area contributed by atoms with Gasteiger partial charge in [0, 0.05) is 12.8 Å². The Hall–Kier alpha value is -1.29. The molecule has 0 aromatic heterocycles. The number of hydrogen-bond donors (Lipinski definition) is 3. The van der Waals surface area contributed by atoms with E-state index in [9.17, 15) is 29.3 Å². The predicted molar refractivity (Wildman–Crippen MR) is 178 cm³/mol. The molecule has 0 aromatic carbocycles. The maximum Gasteiger partial charge on any atom is 0.472 e. The number of aliphatic hydroxyl groups excluding tert-OH is 2. The van der Waals surface area contributed by atoms with Crippen LogP contribution in [0.15, 0.2) is 12.2 Å². The lowest BCUT2D eigenvalue weighted by molar-refractivity contribution is -0.153. The summed E-state index contributed by atoms with van der Waals surface area (Å²) in [6.07, 6.45) is 26.8. The molecule has 10 nitrogen and oxygen atoms in total. The first kappa shape index (κ1) is 43.7. The average Bonchev–Trinajstić information content (AvgIpc) is 3.02. The molecule has 0 aromatic rings. The van der Waals surface area contributed by atoms with Gasteiger partial charge < -0.3 is 24.6 Å². The van der Waals surface area contributed by atoms with Gasteiger partial charge in [0.15, 0.2) is 0 Å². The number of hydrogen-bond acceptors (Lipinski definition) is 9. The van der Waals surface area contributed by atoms with Gasteiger partial charge in [-0.1, -0.05) is 116 Å². The summed E-state index contributed by atoms with van der Waals surface area (Å²) in [4.78, 5) is 33.5. The largest absolute Gasteiger partial charge is 0.472 e. The Morgan fingerprint density at radius 2 is 0.956 bits per heavy atom. The van der Waals surface area contributed by atoms with E-state index in [1.54, 1.807) is 6.92 Å². The van der Waals surface area contributed by atoms with E-state index in [0.717, 1.165) is 19.3 Å². The predicted octanol–water partition coefficient (Wildman–Crippen LogP) is 8.11. The average molecular weight is 665 g/mol. The lowest BCUT2D eigenvalue weighted by Crippen LogP contribution is -2.28. The zero-order chi connectivity index (χ0) is 33.4. The first-order valence-electron chi connectivity index (χ1n) is 17.6. The van der Waals surface area contributed by atoms with Gasteiger partial charge in [-0.2, -0.15) is 0 Å². The lowest BCUT2D eigenvalue weighted by Gasteiger charge is -2.20. The Balaban J connectivity index is 3.74. The molecule has 0 heterocycles. The van der Waals surface area contributed by atoms with Crippen LogP contribution in [0.1, 0.15) is 155 Å². The van der Waals surface area contributed by atoms with Gasteiger partial charge in [-0.25, -0.2) is 4.57 Å². The van der Waals surface area contributed by atoms with Gasteiger partial charge in [0.25, 0.3) is 0 Å². The van der Waals surface area contributed by atoms with Crippen LogP contribution in [-0.2, 0) is 32.7 Å². The van der Waals surface area contributed by atoms with Crippen LogP contribution < -0.4 is 0 Å². The Bertz CT molecular complexity index is 776.